The Labute approximate surface area is 112 Å². The van der Waals surface area contributed by atoms with Crippen LogP contribution in [0.2, 0.25) is 0 Å². The van der Waals surface area contributed by atoms with Gasteiger partial charge in [-0.2, -0.15) is 0 Å². The zero-order valence-corrected chi connectivity index (χ0v) is 11.2. The Balaban J connectivity index is 2.15. The number of rotatable bonds is 7. The van der Waals surface area contributed by atoms with Crippen LogP contribution in [0.25, 0.3) is 0 Å². The second kappa shape index (κ2) is 7.13. The van der Waals surface area contributed by atoms with Crippen molar-refractivity contribution in [2.75, 3.05) is 13.1 Å². The SMILES string of the molecule is CC(O)(CNC(=O)NCCC1=CCCC1)CC(=O)O. The number of allylic oxidation sites excluding steroid dienone is 1. The van der Waals surface area contributed by atoms with Gasteiger partial charge in [0, 0.05) is 13.1 Å². The standard InChI is InChI=1S/C13H22N2O4/c1-13(19,8-11(16)17)9-15-12(18)14-7-6-10-4-2-3-5-10/h4,19H,2-3,5-9H2,1H3,(H,16,17)(H2,14,15,18). The van der Waals surface area contributed by atoms with E-state index in [1.807, 2.05) is 0 Å². The van der Waals surface area contributed by atoms with E-state index in [0.29, 0.717) is 6.54 Å². The van der Waals surface area contributed by atoms with Crippen LogP contribution in [0.15, 0.2) is 11.6 Å². The molecule has 0 aromatic carbocycles. The number of carboxylic acids is 1. The molecule has 6 heteroatoms. The lowest BCUT2D eigenvalue weighted by molar-refractivity contribution is -0.141. The average molecular weight is 270 g/mol. The lowest BCUT2D eigenvalue weighted by Crippen LogP contribution is -2.46. The molecule has 0 spiro atoms. The maximum Gasteiger partial charge on any atom is 0.314 e. The van der Waals surface area contributed by atoms with Crippen molar-refractivity contribution >= 4 is 12.0 Å². The third-order valence-corrected chi connectivity index (χ3v) is 3.03. The van der Waals surface area contributed by atoms with E-state index in [-0.39, 0.29) is 12.6 Å². The summed E-state index contributed by atoms with van der Waals surface area (Å²) in [5.41, 5.74) is -0.0601. The Bertz CT molecular complexity index is 364. The minimum Gasteiger partial charge on any atom is -0.481 e. The fourth-order valence-electron chi connectivity index (χ4n) is 2.02. The Morgan fingerprint density at radius 2 is 2.16 bits per heavy atom. The highest BCUT2D eigenvalue weighted by atomic mass is 16.4. The first-order valence-corrected chi connectivity index (χ1v) is 6.53. The number of nitrogens with one attached hydrogen (secondary N) is 2. The zero-order chi connectivity index (χ0) is 14.3. The molecule has 0 radical (unpaired) electrons. The van der Waals surface area contributed by atoms with Gasteiger partial charge in [0.05, 0.1) is 12.0 Å². The molecule has 1 aliphatic carbocycles. The van der Waals surface area contributed by atoms with Crippen LogP contribution in [0, 0.1) is 0 Å². The fourth-order valence-corrected chi connectivity index (χ4v) is 2.02. The van der Waals surface area contributed by atoms with Crippen molar-refractivity contribution in [3.63, 3.8) is 0 Å². The molecule has 2 amide bonds. The molecule has 0 saturated heterocycles. The summed E-state index contributed by atoms with van der Waals surface area (Å²) in [5.74, 6) is -1.10. The van der Waals surface area contributed by atoms with Crippen molar-refractivity contribution in [3.05, 3.63) is 11.6 Å². The molecule has 0 saturated carbocycles. The zero-order valence-electron chi connectivity index (χ0n) is 11.2. The third-order valence-electron chi connectivity index (χ3n) is 3.03. The van der Waals surface area contributed by atoms with Crippen molar-refractivity contribution in [1.29, 1.82) is 0 Å². The molecule has 1 aliphatic rings. The van der Waals surface area contributed by atoms with E-state index in [1.54, 1.807) is 0 Å². The monoisotopic (exact) mass is 270 g/mol. The Kier molecular flexibility index (Phi) is 5.82. The van der Waals surface area contributed by atoms with Gasteiger partial charge in [0.25, 0.3) is 0 Å². The lowest BCUT2D eigenvalue weighted by atomic mass is 10.0. The molecule has 1 rings (SSSR count). The van der Waals surface area contributed by atoms with Gasteiger partial charge in [-0.3, -0.25) is 4.79 Å². The number of aliphatic carboxylic acids is 1. The molecule has 6 nitrogen and oxygen atoms in total. The smallest absolute Gasteiger partial charge is 0.314 e. The number of urea groups is 1. The fraction of sp³-hybridized carbons (Fsp3) is 0.692. The average Bonchev–Trinajstić information content (AvgIpc) is 2.78. The molecule has 0 heterocycles. The highest BCUT2D eigenvalue weighted by molar-refractivity contribution is 5.74. The van der Waals surface area contributed by atoms with E-state index in [4.69, 9.17) is 5.11 Å². The van der Waals surface area contributed by atoms with Crippen molar-refractivity contribution in [1.82, 2.24) is 10.6 Å². The quantitative estimate of drug-likeness (QED) is 0.519. The van der Waals surface area contributed by atoms with Crippen molar-refractivity contribution in [2.45, 2.75) is 44.6 Å². The molecule has 0 aromatic heterocycles. The third kappa shape index (κ3) is 6.81. The summed E-state index contributed by atoms with van der Waals surface area (Å²) in [6.45, 7) is 1.84. The Morgan fingerprint density at radius 1 is 1.42 bits per heavy atom. The molecular weight excluding hydrogens is 248 g/mol. The van der Waals surface area contributed by atoms with Crippen molar-refractivity contribution < 1.29 is 19.8 Å². The number of carbonyl (C=O) groups excluding carboxylic acids is 1. The van der Waals surface area contributed by atoms with Crippen LogP contribution in [0.4, 0.5) is 4.79 Å². The van der Waals surface area contributed by atoms with Gasteiger partial charge in [0.15, 0.2) is 0 Å². The molecule has 0 aliphatic heterocycles. The van der Waals surface area contributed by atoms with Gasteiger partial charge in [-0.05, 0) is 32.6 Å². The van der Waals surface area contributed by atoms with Crippen molar-refractivity contribution in [2.24, 2.45) is 0 Å². The largest absolute Gasteiger partial charge is 0.481 e. The first kappa shape index (κ1) is 15.5. The first-order chi connectivity index (χ1) is 8.89. The van der Waals surface area contributed by atoms with E-state index in [1.165, 1.54) is 18.9 Å². The van der Waals surface area contributed by atoms with Crippen LogP contribution < -0.4 is 10.6 Å². The minimum atomic E-state index is -1.43. The molecule has 0 fully saturated rings. The summed E-state index contributed by atoms with van der Waals surface area (Å²) in [4.78, 5) is 21.9. The summed E-state index contributed by atoms with van der Waals surface area (Å²) >= 11 is 0. The number of carboxylic acid groups (broad SMARTS) is 1. The molecular formula is C13H22N2O4. The van der Waals surface area contributed by atoms with E-state index >= 15 is 0 Å². The summed E-state index contributed by atoms with van der Waals surface area (Å²) in [5, 5.41) is 23.4. The normalized spacial score (nSPS) is 17.5. The van der Waals surface area contributed by atoms with Crippen LogP contribution >= 0.6 is 0 Å². The van der Waals surface area contributed by atoms with E-state index in [2.05, 4.69) is 16.7 Å². The van der Waals surface area contributed by atoms with Gasteiger partial charge in [-0.15, -0.1) is 0 Å². The second-order valence-corrected chi connectivity index (χ2v) is 5.18. The first-order valence-electron chi connectivity index (χ1n) is 6.53. The highest BCUT2D eigenvalue weighted by Gasteiger charge is 2.24. The Morgan fingerprint density at radius 3 is 2.74 bits per heavy atom. The van der Waals surface area contributed by atoms with Crippen LogP contribution in [0.5, 0.6) is 0 Å². The van der Waals surface area contributed by atoms with Crippen LogP contribution in [-0.2, 0) is 4.79 Å². The van der Waals surface area contributed by atoms with E-state index in [9.17, 15) is 14.7 Å². The predicted molar refractivity (Wildman–Crippen MR) is 70.8 cm³/mol. The number of amides is 2. The van der Waals surface area contributed by atoms with Gasteiger partial charge in [-0.1, -0.05) is 11.6 Å². The van der Waals surface area contributed by atoms with Crippen LogP contribution in [0.1, 0.15) is 39.0 Å². The Hall–Kier alpha value is -1.56. The molecule has 1 atom stereocenters. The van der Waals surface area contributed by atoms with E-state index < -0.39 is 18.0 Å². The highest BCUT2D eigenvalue weighted by Crippen LogP contribution is 2.19. The summed E-state index contributed by atoms with van der Waals surface area (Å²) in [6.07, 6.45) is 6.08. The lowest BCUT2D eigenvalue weighted by Gasteiger charge is -2.21. The molecule has 19 heavy (non-hydrogen) atoms. The maximum absolute atomic E-state index is 11.4. The molecule has 1 unspecified atom stereocenters. The number of aliphatic hydroxyl groups is 1. The number of carbonyl (C=O) groups is 2. The molecule has 0 bridgehead atoms. The van der Waals surface area contributed by atoms with Gasteiger partial charge in [-0.25, -0.2) is 4.79 Å². The summed E-state index contributed by atoms with van der Waals surface area (Å²) < 4.78 is 0. The van der Waals surface area contributed by atoms with Crippen LogP contribution in [-0.4, -0.2) is 40.9 Å². The molecule has 108 valence electrons. The van der Waals surface area contributed by atoms with Crippen LogP contribution in [0.3, 0.4) is 0 Å². The second-order valence-electron chi connectivity index (χ2n) is 5.18. The van der Waals surface area contributed by atoms with Gasteiger partial charge in [0.1, 0.15) is 0 Å². The van der Waals surface area contributed by atoms with Gasteiger partial charge in [0.2, 0.25) is 0 Å². The van der Waals surface area contributed by atoms with Gasteiger partial charge >= 0.3 is 12.0 Å². The maximum atomic E-state index is 11.4. The van der Waals surface area contributed by atoms with E-state index in [0.717, 1.165) is 19.3 Å². The summed E-state index contributed by atoms with van der Waals surface area (Å²) in [6, 6.07) is -0.385. The topological polar surface area (TPSA) is 98.7 Å². The van der Waals surface area contributed by atoms with Gasteiger partial charge < -0.3 is 20.8 Å². The number of hydrogen-bond acceptors (Lipinski definition) is 3. The number of hydrogen-bond donors (Lipinski definition) is 4. The summed E-state index contributed by atoms with van der Waals surface area (Å²) in [7, 11) is 0. The molecule has 0 aromatic rings. The van der Waals surface area contributed by atoms with Crippen molar-refractivity contribution in [3.8, 4) is 0 Å². The molecule has 4 N–H and O–H groups in total. The minimum absolute atomic E-state index is 0.0895. The predicted octanol–water partition coefficient (Wildman–Crippen LogP) is 1.01.